The summed E-state index contributed by atoms with van der Waals surface area (Å²) in [6.07, 6.45) is 9.78. The molecule has 3 amide bonds. The molecule has 0 aromatic heterocycles. The fourth-order valence-corrected chi connectivity index (χ4v) is 3.69. The van der Waals surface area contributed by atoms with Gasteiger partial charge in [0.15, 0.2) is 0 Å². The number of benzene rings is 1. The molecule has 0 unspecified atom stereocenters. The van der Waals surface area contributed by atoms with Crippen LogP contribution in [0.5, 0.6) is 0 Å². The van der Waals surface area contributed by atoms with Gasteiger partial charge in [-0.15, -0.1) is 0 Å². The molecule has 1 aromatic rings. The summed E-state index contributed by atoms with van der Waals surface area (Å²) in [5, 5.41) is 5.94. The molecule has 0 aliphatic heterocycles. The highest BCUT2D eigenvalue weighted by Gasteiger charge is 2.31. The van der Waals surface area contributed by atoms with Crippen LogP contribution < -0.4 is 10.6 Å². The molecule has 0 heterocycles. The van der Waals surface area contributed by atoms with Gasteiger partial charge >= 0.3 is 6.03 Å². The molecule has 2 aliphatic rings. The second-order valence-electron chi connectivity index (χ2n) is 7.70. The van der Waals surface area contributed by atoms with Gasteiger partial charge in [-0.3, -0.25) is 4.79 Å². The summed E-state index contributed by atoms with van der Waals surface area (Å²) < 4.78 is 0. The van der Waals surface area contributed by atoms with Crippen molar-refractivity contribution in [3.05, 3.63) is 24.3 Å². The smallest absolute Gasteiger partial charge is 0.322 e. The van der Waals surface area contributed by atoms with E-state index >= 15 is 0 Å². The van der Waals surface area contributed by atoms with E-state index in [0.717, 1.165) is 37.2 Å². The van der Waals surface area contributed by atoms with Crippen molar-refractivity contribution in [2.45, 2.75) is 70.8 Å². The standard InChI is InChI=1S/C21H31N3O2/c1-2-7-20(25)22-17-8-6-9-18(14-17)23-21(26)24(15-16-12-13-16)19-10-4-3-5-11-19/h6,8-9,14,16,19H,2-5,7,10-13,15H2,1H3,(H,22,25)(H,23,26). The number of urea groups is 1. The maximum atomic E-state index is 12.9. The normalized spacial score (nSPS) is 17.6. The predicted octanol–water partition coefficient (Wildman–Crippen LogP) is 5.00. The SMILES string of the molecule is CCCC(=O)Nc1cccc(NC(=O)N(CC2CC2)C2CCCCC2)c1. The first-order valence-corrected chi connectivity index (χ1v) is 10.1. The Labute approximate surface area is 156 Å². The van der Waals surface area contributed by atoms with Crippen LogP contribution >= 0.6 is 0 Å². The summed E-state index contributed by atoms with van der Waals surface area (Å²) in [7, 11) is 0. The molecular weight excluding hydrogens is 326 g/mol. The van der Waals surface area contributed by atoms with Crippen LogP contribution in [0.15, 0.2) is 24.3 Å². The monoisotopic (exact) mass is 357 g/mol. The van der Waals surface area contributed by atoms with Gasteiger partial charge in [-0.1, -0.05) is 32.3 Å². The first-order valence-electron chi connectivity index (χ1n) is 10.1. The third-order valence-corrected chi connectivity index (χ3v) is 5.30. The molecule has 0 atom stereocenters. The molecule has 0 saturated heterocycles. The van der Waals surface area contributed by atoms with Crippen molar-refractivity contribution in [2.24, 2.45) is 5.92 Å². The fraction of sp³-hybridized carbons (Fsp3) is 0.619. The van der Waals surface area contributed by atoms with E-state index in [1.165, 1.54) is 32.1 Å². The quantitative estimate of drug-likeness (QED) is 0.721. The van der Waals surface area contributed by atoms with Crippen molar-refractivity contribution in [1.29, 1.82) is 0 Å². The van der Waals surface area contributed by atoms with Crippen molar-refractivity contribution in [2.75, 3.05) is 17.2 Å². The Balaban J connectivity index is 1.63. The summed E-state index contributed by atoms with van der Waals surface area (Å²) in [4.78, 5) is 26.8. The number of carbonyl (C=O) groups is 2. The van der Waals surface area contributed by atoms with Crippen molar-refractivity contribution in [1.82, 2.24) is 4.90 Å². The van der Waals surface area contributed by atoms with Gasteiger partial charge in [-0.25, -0.2) is 4.79 Å². The molecule has 0 spiro atoms. The zero-order valence-corrected chi connectivity index (χ0v) is 15.8. The molecule has 2 fully saturated rings. The third kappa shape index (κ3) is 5.48. The van der Waals surface area contributed by atoms with Gasteiger partial charge in [0.05, 0.1) is 0 Å². The predicted molar refractivity (Wildman–Crippen MR) is 105 cm³/mol. The number of amides is 3. The zero-order chi connectivity index (χ0) is 18.4. The summed E-state index contributed by atoms with van der Waals surface area (Å²) in [5.41, 5.74) is 1.47. The molecule has 26 heavy (non-hydrogen) atoms. The topological polar surface area (TPSA) is 61.4 Å². The maximum absolute atomic E-state index is 12.9. The van der Waals surface area contributed by atoms with Crippen molar-refractivity contribution in [3.63, 3.8) is 0 Å². The Morgan fingerprint density at radius 2 is 1.73 bits per heavy atom. The molecule has 2 aliphatic carbocycles. The van der Waals surface area contributed by atoms with E-state index in [0.29, 0.717) is 18.4 Å². The van der Waals surface area contributed by atoms with E-state index in [1.807, 2.05) is 31.2 Å². The van der Waals surface area contributed by atoms with Crippen LogP contribution in [-0.4, -0.2) is 29.4 Å². The van der Waals surface area contributed by atoms with Crippen LogP contribution in [0.25, 0.3) is 0 Å². The Morgan fingerprint density at radius 1 is 1.04 bits per heavy atom. The second-order valence-corrected chi connectivity index (χ2v) is 7.70. The summed E-state index contributed by atoms with van der Waals surface area (Å²) in [6, 6.07) is 7.80. The number of anilines is 2. The lowest BCUT2D eigenvalue weighted by atomic mass is 9.94. The van der Waals surface area contributed by atoms with Gasteiger partial charge in [0, 0.05) is 30.4 Å². The molecule has 0 bridgehead atoms. The van der Waals surface area contributed by atoms with Crippen LogP contribution in [0, 0.1) is 5.92 Å². The fourth-order valence-electron chi connectivity index (χ4n) is 3.69. The van der Waals surface area contributed by atoms with Crippen molar-refractivity contribution in [3.8, 4) is 0 Å². The summed E-state index contributed by atoms with van der Waals surface area (Å²) >= 11 is 0. The van der Waals surface area contributed by atoms with E-state index in [9.17, 15) is 9.59 Å². The first-order chi connectivity index (χ1) is 12.7. The maximum Gasteiger partial charge on any atom is 0.322 e. The highest BCUT2D eigenvalue weighted by molar-refractivity contribution is 5.93. The summed E-state index contributed by atoms with van der Waals surface area (Å²) in [6.45, 7) is 2.86. The van der Waals surface area contributed by atoms with Crippen LogP contribution in [0.4, 0.5) is 16.2 Å². The Morgan fingerprint density at radius 3 is 2.38 bits per heavy atom. The Kier molecular flexibility index (Phi) is 6.53. The third-order valence-electron chi connectivity index (χ3n) is 5.30. The highest BCUT2D eigenvalue weighted by atomic mass is 16.2. The number of hydrogen-bond acceptors (Lipinski definition) is 2. The van der Waals surface area contributed by atoms with E-state index in [2.05, 4.69) is 15.5 Å². The number of nitrogens with one attached hydrogen (secondary N) is 2. The number of nitrogens with zero attached hydrogens (tertiary/aromatic N) is 1. The Hall–Kier alpha value is -2.04. The van der Waals surface area contributed by atoms with Crippen LogP contribution in [0.1, 0.15) is 64.7 Å². The number of hydrogen-bond donors (Lipinski definition) is 2. The van der Waals surface area contributed by atoms with E-state index in [4.69, 9.17) is 0 Å². The minimum Gasteiger partial charge on any atom is -0.326 e. The minimum atomic E-state index is 0.000773. The van der Waals surface area contributed by atoms with E-state index < -0.39 is 0 Å². The lowest BCUT2D eigenvalue weighted by Crippen LogP contribution is -2.45. The van der Waals surface area contributed by atoms with Crippen LogP contribution in [0.3, 0.4) is 0 Å². The summed E-state index contributed by atoms with van der Waals surface area (Å²) in [5.74, 6) is 0.691. The van der Waals surface area contributed by atoms with Gasteiger partial charge in [0.1, 0.15) is 0 Å². The van der Waals surface area contributed by atoms with Crippen molar-refractivity contribution < 1.29 is 9.59 Å². The molecular formula is C21H31N3O2. The van der Waals surface area contributed by atoms with Gasteiger partial charge in [-0.05, 0) is 56.2 Å². The zero-order valence-electron chi connectivity index (χ0n) is 15.8. The molecule has 3 rings (SSSR count). The van der Waals surface area contributed by atoms with Gasteiger partial charge in [0.2, 0.25) is 5.91 Å². The average molecular weight is 357 g/mol. The van der Waals surface area contributed by atoms with Gasteiger partial charge < -0.3 is 15.5 Å². The molecule has 2 N–H and O–H groups in total. The minimum absolute atomic E-state index is 0.000773. The van der Waals surface area contributed by atoms with Gasteiger partial charge in [-0.2, -0.15) is 0 Å². The Bertz CT molecular complexity index is 621. The lowest BCUT2D eigenvalue weighted by Gasteiger charge is -2.34. The molecule has 0 radical (unpaired) electrons. The van der Waals surface area contributed by atoms with E-state index in [-0.39, 0.29) is 11.9 Å². The largest absolute Gasteiger partial charge is 0.326 e. The van der Waals surface area contributed by atoms with Gasteiger partial charge in [0.25, 0.3) is 0 Å². The average Bonchev–Trinajstić information content (AvgIpc) is 3.45. The van der Waals surface area contributed by atoms with E-state index in [1.54, 1.807) is 0 Å². The van der Waals surface area contributed by atoms with Crippen LogP contribution in [-0.2, 0) is 4.79 Å². The molecule has 2 saturated carbocycles. The molecule has 5 nitrogen and oxygen atoms in total. The number of rotatable bonds is 7. The second kappa shape index (κ2) is 9.06. The van der Waals surface area contributed by atoms with Crippen LogP contribution in [0.2, 0.25) is 0 Å². The number of carbonyl (C=O) groups excluding carboxylic acids is 2. The van der Waals surface area contributed by atoms with Crippen molar-refractivity contribution >= 4 is 23.3 Å². The molecule has 1 aromatic carbocycles. The first kappa shape index (κ1) is 18.7. The molecule has 142 valence electrons. The highest BCUT2D eigenvalue weighted by Crippen LogP contribution is 2.33. The molecule has 5 heteroatoms. The lowest BCUT2D eigenvalue weighted by molar-refractivity contribution is -0.116.